The molecule has 166 valence electrons. The molecule has 0 fully saturated rings. The Balaban J connectivity index is 1.79. The van der Waals surface area contributed by atoms with Crippen molar-refractivity contribution in [2.75, 3.05) is 11.9 Å². The van der Waals surface area contributed by atoms with Gasteiger partial charge in [-0.2, -0.15) is 4.98 Å². The molecule has 2 aromatic carbocycles. The van der Waals surface area contributed by atoms with Gasteiger partial charge in [0.05, 0.1) is 19.7 Å². The predicted octanol–water partition coefficient (Wildman–Crippen LogP) is 3.46. The van der Waals surface area contributed by atoms with Gasteiger partial charge in [-0.25, -0.2) is 14.2 Å². The molecule has 32 heavy (non-hydrogen) atoms. The summed E-state index contributed by atoms with van der Waals surface area (Å²) in [7, 11) is 0. The molecule has 0 aliphatic carbocycles. The number of hydrogen-bond donors (Lipinski definition) is 2. The molecule has 0 radical (unpaired) electrons. The van der Waals surface area contributed by atoms with Gasteiger partial charge in [0.25, 0.3) is 0 Å². The van der Waals surface area contributed by atoms with Gasteiger partial charge in [0, 0.05) is 22.5 Å². The smallest absolute Gasteiger partial charge is 0.355 e. The minimum absolute atomic E-state index is 0.111. The first-order valence-electron chi connectivity index (χ1n) is 10.3. The van der Waals surface area contributed by atoms with Crippen molar-refractivity contribution in [3.8, 4) is 0 Å². The molecule has 0 amide bonds. The number of fused-ring (bicyclic) bond motifs is 1. The van der Waals surface area contributed by atoms with Gasteiger partial charge in [0.2, 0.25) is 5.95 Å². The maximum atomic E-state index is 13.1. The van der Waals surface area contributed by atoms with Crippen molar-refractivity contribution in [3.05, 3.63) is 85.3 Å². The second-order valence-electron chi connectivity index (χ2n) is 7.43. The van der Waals surface area contributed by atoms with Crippen molar-refractivity contribution >= 4 is 34.2 Å². The standard InChI is InChI=1S/C23H23ClN4O4/c1-3-19-14(2)18-12-17(8-9-20(18)32-19)25-21-26-22(30)27(10-11-29)23(31)28(21)13-15-4-6-16(24)7-5-15/h4-9,12,29H,3,10-11,13H2,1-2H3,(H,25,26,30). The largest absolute Gasteiger partial charge is 0.461 e. The highest BCUT2D eigenvalue weighted by atomic mass is 35.5. The fourth-order valence-electron chi connectivity index (χ4n) is 3.65. The number of aryl methyl sites for hydroxylation is 2. The Labute approximate surface area is 188 Å². The van der Waals surface area contributed by atoms with Gasteiger partial charge in [0.15, 0.2) is 0 Å². The number of aromatic nitrogens is 3. The molecule has 2 heterocycles. The van der Waals surface area contributed by atoms with Crippen LogP contribution >= 0.6 is 11.6 Å². The fraction of sp³-hybridized carbons (Fsp3) is 0.261. The molecule has 8 nitrogen and oxygen atoms in total. The Kier molecular flexibility index (Phi) is 6.16. The minimum atomic E-state index is -0.729. The lowest BCUT2D eigenvalue weighted by molar-refractivity contribution is 0.268. The lowest BCUT2D eigenvalue weighted by atomic mass is 10.1. The van der Waals surface area contributed by atoms with Crippen LogP contribution in [-0.2, 0) is 19.5 Å². The zero-order valence-electron chi connectivity index (χ0n) is 17.8. The first-order valence-corrected chi connectivity index (χ1v) is 10.6. The van der Waals surface area contributed by atoms with E-state index in [1.807, 2.05) is 32.0 Å². The number of aliphatic hydroxyl groups is 1. The summed E-state index contributed by atoms with van der Waals surface area (Å²) in [5, 5.41) is 13.9. The molecule has 0 bridgehead atoms. The molecule has 4 aromatic rings. The third-order valence-electron chi connectivity index (χ3n) is 5.34. The number of rotatable bonds is 7. The van der Waals surface area contributed by atoms with E-state index < -0.39 is 11.4 Å². The van der Waals surface area contributed by atoms with E-state index in [-0.39, 0.29) is 25.6 Å². The van der Waals surface area contributed by atoms with E-state index in [1.165, 1.54) is 4.57 Å². The Bertz CT molecular complexity index is 1390. The van der Waals surface area contributed by atoms with E-state index in [0.717, 1.165) is 38.8 Å². The summed E-state index contributed by atoms with van der Waals surface area (Å²) in [4.78, 5) is 29.6. The second kappa shape index (κ2) is 9.02. The Morgan fingerprint density at radius 1 is 1.12 bits per heavy atom. The van der Waals surface area contributed by atoms with Crippen LogP contribution in [0.4, 0.5) is 11.6 Å². The Hall–Kier alpha value is -3.36. The first kappa shape index (κ1) is 21.9. The summed E-state index contributed by atoms with van der Waals surface area (Å²) in [6, 6.07) is 12.6. The van der Waals surface area contributed by atoms with E-state index in [1.54, 1.807) is 24.3 Å². The number of hydrogen-bond acceptors (Lipinski definition) is 6. The highest BCUT2D eigenvalue weighted by molar-refractivity contribution is 6.30. The summed E-state index contributed by atoms with van der Waals surface area (Å²) in [6.45, 7) is 3.72. The number of anilines is 2. The van der Waals surface area contributed by atoms with E-state index in [9.17, 15) is 14.7 Å². The summed E-state index contributed by atoms with van der Waals surface area (Å²) < 4.78 is 8.14. The van der Waals surface area contributed by atoms with Crippen LogP contribution in [-0.4, -0.2) is 25.8 Å². The number of nitrogens with zero attached hydrogens (tertiary/aromatic N) is 3. The van der Waals surface area contributed by atoms with E-state index >= 15 is 0 Å². The summed E-state index contributed by atoms with van der Waals surface area (Å²) in [5.41, 5.74) is 2.01. The van der Waals surface area contributed by atoms with Crippen molar-refractivity contribution < 1.29 is 9.52 Å². The van der Waals surface area contributed by atoms with Gasteiger partial charge in [0.1, 0.15) is 11.3 Å². The monoisotopic (exact) mass is 454 g/mol. The molecule has 0 unspecified atom stereocenters. The second-order valence-corrected chi connectivity index (χ2v) is 7.86. The molecule has 0 aliphatic heterocycles. The molecular formula is C23H23ClN4O4. The van der Waals surface area contributed by atoms with Crippen LogP contribution in [0.2, 0.25) is 5.02 Å². The van der Waals surface area contributed by atoms with Crippen LogP contribution in [0.3, 0.4) is 0 Å². The van der Waals surface area contributed by atoms with E-state index in [4.69, 9.17) is 16.0 Å². The molecule has 9 heteroatoms. The molecule has 2 N–H and O–H groups in total. The molecular weight excluding hydrogens is 432 g/mol. The number of benzene rings is 2. The maximum Gasteiger partial charge on any atom is 0.355 e. The average Bonchev–Trinajstić information content (AvgIpc) is 3.10. The molecule has 4 rings (SSSR count). The van der Waals surface area contributed by atoms with Gasteiger partial charge >= 0.3 is 11.4 Å². The normalized spacial score (nSPS) is 11.2. The van der Waals surface area contributed by atoms with Crippen LogP contribution in [0.5, 0.6) is 0 Å². The van der Waals surface area contributed by atoms with Crippen molar-refractivity contribution in [2.45, 2.75) is 33.4 Å². The fourth-order valence-corrected chi connectivity index (χ4v) is 3.77. The number of aliphatic hydroxyl groups excluding tert-OH is 1. The van der Waals surface area contributed by atoms with Crippen LogP contribution < -0.4 is 16.7 Å². The van der Waals surface area contributed by atoms with Crippen LogP contribution in [0.15, 0.2) is 56.5 Å². The Morgan fingerprint density at radius 2 is 1.88 bits per heavy atom. The summed E-state index contributed by atoms with van der Waals surface area (Å²) in [5.74, 6) is 1.03. The lowest BCUT2D eigenvalue weighted by Gasteiger charge is -2.15. The average molecular weight is 455 g/mol. The third kappa shape index (κ3) is 4.19. The minimum Gasteiger partial charge on any atom is -0.461 e. The maximum absolute atomic E-state index is 13.1. The third-order valence-corrected chi connectivity index (χ3v) is 5.59. The van der Waals surface area contributed by atoms with Crippen molar-refractivity contribution in [3.63, 3.8) is 0 Å². The molecule has 0 saturated heterocycles. The number of halogens is 1. The SMILES string of the molecule is CCc1oc2ccc(Nc3nc(=O)n(CCO)c(=O)n3Cc3ccc(Cl)cc3)cc2c1C. The molecule has 2 aromatic heterocycles. The van der Waals surface area contributed by atoms with Gasteiger partial charge in [-0.3, -0.25) is 4.57 Å². The number of nitrogens with one attached hydrogen (secondary N) is 1. The van der Waals surface area contributed by atoms with E-state index in [2.05, 4.69) is 10.3 Å². The number of furan rings is 1. The molecule has 0 aliphatic rings. The van der Waals surface area contributed by atoms with Crippen LogP contribution in [0, 0.1) is 6.92 Å². The highest BCUT2D eigenvalue weighted by Crippen LogP contribution is 2.29. The molecule has 0 atom stereocenters. The topological polar surface area (TPSA) is 102 Å². The van der Waals surface area contributed by atoms with Crippen molar-refractivity contribution in [1.29, 1.82) is 0 Å². The van der Waals surface area contributed by atoms with Crippen LogP contribution in [0.1, 0.15) is 23.8 Å². The summed E-state index contributed by atoms with van der Waals surface area (Å²) >= 11 is 5.97. The zero-order chi connectivity index (χ0) is 22.8. The van der Waals surface area contributed by atoms with Crippen LogP contribution in [0.25, 0.3) is 11.0 Å². The summed E-state index contributed by atoms with van der Waals surface area (Å²) in [6.07, 6.45) is 0.786. The van der Waals surface area contributed by atoms with Crippen molar-refractivity contribution in [1.82, 2.24) is 14.1 Å². The van der Waals surface area contributed by atoms with Crippen molar-refractivity contribution in [2.24, 2.45) is 0 Å². The Morgan fingerprint density at radius 3 is 2.56 bits per heavy atom. The molecule has 0 saturated carbocycles. The molecule has 0 spiro atoms. The van der Waals surface area contributed by atoms with Gasteiger partial charge in [-0.05, 0) is 48.4 Å². The predicted molar refractivity (Wildman–Crippen MR) is 124 cm³/mol. The van der Waals surface area contributed by atoms with E-state index in [0.29, 0.717) is 10.7 Å². The van der Waals surface area contributed by atoms with Gasteiger partial charge in [-0.1, -0.05) is 30.7 Å². The first-order chi connectivity index (χ1) is 15.4. The quantitative estimate of drug-likeness (QED) is 0.443. The zero-order valence-corrected chi connectivity index (χ0v) is 18.5. The lowest BCUT2D eigenvalue weighted by Crippen LogP contribution is -2.43. The van der Waals surface area contributed by atoms with Gasteiger partial charge in [-0.15, -0.1) is 0 Å². The van der Waals surface area contributed by atoms with Gasteiger partial charge < -0.3 is 14.8 Å². The highest BCUT2D eigenvalue weighted by Gasteiger charge is 2.15.